The SMILES string of the molecule is Cc1ccc(NC(=O)c2cc(F)c(F)cc2Cl)cc1NS(=O)(=O)c1ccccc1. The van der Waals surface area contributed by atoms with Crippen LogP contribution in [0.4, 0.5) is 20.2 Å². The second kappa shape index (κ2) is 8.18. The summed E-state index contributed by atoms with van der Waals surface area (Å²) in [6.07, 6.45) is 0. The van der Waals surface area contributed by atoms with Gasteiger partial charge in [-0.15, -0.1) is 0 Å². The van der Waals surface area contributed by atoms with E-state index in [0.717, 1.165) is 0 Å². The van der Waals surface area contributed by atoms with Crippen LogP contribution >= 0.6 is 11.6 Å². The van der Waals surface area contributed by atoms with E-state index in [4.69, 9.17) is 11.6 Å². The Balaban J connectivity index is 1.86. The molecule has 0 spiro atoms. The minimum atomic E-state index is -3.83. The molecule has 0 radical (unpaired) electrons. The molecular weight excluding hydrogens is 422 g/mol. The number of rotatable bonds is 5. The predicted molar refractivity (Wildman–Crippen MR) is 108 cm³/mol. The molecule has 3 aromatic carbocycles. The fourth-order valence-electron chi connectivity index (χ4n) is 2.51. The van der Waals surface area contributed by atoms with E-state index in [1.54, 1.807) is 37.3 Å². The van der Waals surface area contributed by atoms with E-state index in [1.807, 2.05) is 0 Å². The lowest BCUT2D eigenvalue weighted by Crippen LogP contribution is -2.15. The van der Waals surface area contributed by atoms with Crippen LogP contribution < -0.4 is 10.0 Å². The van der Waals surface area contributed by atoms with Crippen LogP contribution in [0.2, 0.25) is 5.02 Å². The molecule has 0 aromatic heterocycles. The van der Waals surface area contributed by atoms with E-state index in [2.05, 4.69) is 10.0 Å². The molecule has 0 saturated carbocycles. The molecule has 0 bridgehead atoms. The lowest BCUT2D eigenvalue weighted by molar-refractivity contribution is 0.102. The van der Waals surface area contributed by atoms with Gasteiger partial charge in [0.15, 0.2) is 11.6 Å². The standard InChI is InChI=1S/C20H15ClF2N2O3S/c1-12-7-8-13(24-20(26)15-10-17(22)18(23)11-16(15)21)9-19(12)25-29(27,28)14-5-3-2-4-6-14/h2-11,25H,1H3,(H,24,26). The van der Waals surface area contributed by atoms with Crippen molar-refractivity contribution in [2.75, 3.05) is 10.0 Å². The van der Waals surface area contributed by atoms with E-state index in [-0.39, 0.29) is 26.9 Å². The number of carbonyl (C=O) groups excluding carboxylic acids is 1. The quantitative estimate of drug-likeness (QED) is 0.554. The molecule has 1 amide bonds. The van der Waals surface area contributed by atoms with Crippen LogP contribution in [-0.4, -0.2) is 14.3 Å². The summed E-state index contributed by atoms with van der Waals surface area (Å²) in [7, 11) is -3.83. The molecule has 3 aromatic rings. The Kier molecular flexibility index (Phi) is 5.86. The van der Waals surface area contributed by atoms with Crippen molar-refractivity contribution in [2.45, 2.75) is 11.8 Å². The van der Waals surface area contributed by atoms with Gasteiger partial charge in [0.1, 0.15) is 0 Å². The summed E-state index contributed by atoms with van der Waals surface area (Å²) in [6, 6.07) is 13.8. The van der Waals surface area contributed by atoms with Gasteiger partial charge in [0.2, 0.25) is 0 Å². The molecule has 29 heavy (non-hydrogen) atoms. The Labute approximate surface area is 171 Å². The normalized spacial score (nSPS) is 11.2. The van der Waals surface area contributed by atoms with Gasteiger partial charge in [-0.1, -0.05) is 35.9 Å². The molecule has 0 saturated heterocycles. The number of aryl methyl sites for hydroxylation is 1. The van der Waals surface area contributed by atoms with Crippen molar-refractivity contribution in [1.82, 2.24) is 0 Å². The minimum Gasteiger partial charge on any atom is -0.322 e. The van der Waals surface area contributed by atoms with Crippen LogP contribution in [0.15, 0.2) is 65.6 Å². The van der Waals surface area contributed by atoms with Gasteiger partial charge < -0.3 is 5.32 Å². The van der Waals surface area contributed by atoms with Crippen molar-refractivity contribution >= 4 is 38.9 Å². The van der Waals surface area contributed by atoms with Crippen LogP contribution in [0.3, 0.4) is 0 Å². The average molecular weight is 437 g/mol. The average Bonchev–Trinajstić information content (AvgIpc) is 2.67. The van der Waals surface area contributed by atoms with Gasteiger partial charge in [-0.05, 0) is 48.9 Å². The molecule has 9 heteroatoms. The largest absolute Gasteiger partial charge is 0.322 e. The predicted octanol–water partition coefficient (Wildman–Crippen LogP) is 4.98. The number of sulfonamides is 1. The number of hydrogen-bond donors (Lipinski definition) is 2. The van der Waals surface area contributed by atoms with Crippen molar-refractivity contribution in [2.24, 2.45) is 0 Å². The summed E-state index contributed by atoms with van der Waals surface area (Å²) < 4.78 is 54.1. The topological polar surface area (TPSA) is 75.3 Å². The van der Waals surface area contributed by atoms with Crippen molar-refractivity contribution < 1.29 is 22.0 Å². The molecular formula is C20H15ClF2N2O3S. The van der Waals surface area contributed by atoms with E-state index in [1.165, 1.54) is 18.2 Å². The fraction of sp³-hybridized carbons (Fsp3) is 0.0500. The molecule has 0 fully saturated rings. The number of anilines is 2. The second-order valence-electron chi connectivity index (χ2n) is 6.15. The molecule has 0 aliphatic heterocycles. The van der Waals surface area contributed by atoms with Crippen molar-refractivity contribution in [1.29, 1.82) is 0 Å². The molecule has 150 valence electrons. The van der Waals surface area contributed by atoms with E-state index in [9.17, 15) is 22.0 Å². The van der Waals surface area contributed by atoms with Gasteiger partial charge in [0.05, 0.1) is 21.2 Å². The highest BCUT2D eigenvalue weighted by atomic mass is 35.5. The number of halogens is 3. The molecule has 0 aliphatic carbocycles. The third-order valence-electron chi connectivity index (χ3n) is 4.05. The highest BCUT2D eigenvalue weighted by Gasteiger charge is 2.17. The summed E-state index contributed by atoms with van der Waals surface area (Å²) in [6.45, 7) is 1.70. The van der Waals surface area contributed by atoms with E-state index in [0.29, 0.717) is 17.7 Å². The molecule has 0 unspecified atom stereocenters. The van der Waals surface area contributed by atoms with Crippen molar-refractivity contribution in [3.05, 3.63) is 88.4 Å². The maximum atomic E-state index is 13.4. The fourth-order valence-corrected chi connectivity index (χ4v) is 3.89. The molecule has 0 atom stereocenters. The van der Waals surface area contributed by atoms with E-state index < -0.39 is 27.6 Å². The number of carbonyl (C=O) groups is 1. The van der Waals surface area contributed by atoms with Crippen LogP contribution in [0.25, 0.3) is 0 Å². The zero-order valence-electron chi connectivity index (χ0n) is 15.0. The summed E-state index contributed by atoms with van der Waals surface area (Å²) in [4.78, 5) is 12.5. The maximum absolute atomic E-state index is 13.4. The van der Waals surface area contributed by atoms with Gasteiger partial charge >= 0.3 is 0 Å². The van der Waals surface area contributed by atoms with Gasteiger partial charge in [-0.2, -0.15) is 0 Å². The highest BCUT2D eigenvalue weighted by Crippen LogP contribution is 2.25. The zero-order valence-corrected chi connectivity index (χ0v) is 16.6. The van der Waals surface area contributed by atoms with E-state index >= 15 is 0 Å². The summed E-state index contributed by atoms with van der Waals surface area (Å²) in [5.74, 6) is -3.14. The lowest BCUT2D eigenvalue weighted by atomic mass is 10.1. The first kappa shape index (κ1) is 20.8. The van der Waals surface area contributed by atoms with Gasteiger partial charge in [0, 0.05) is 5.69 Å². The smallest absolute Gasteiger partial charge is 0.261 e. The number of nitrogens with one attached hydrogen (secondary N) is 2. The zero-order chi connectivity index (χ0) is 21.2. The van der Waals surface area contributed by atoms with Crippen LogP contribution in [0.5, 0.6) is 0 Å². The molecule has 0 heterocycles. The number of benzene rings is 3. The third-order valence-corrected chi connectivity index (χ3v) is 5.74. The second-order valence-corrected chi connectivity index (χ2v) is 8.24. The van der Waals surface area contributed by atoms with Gasteiger partial charge in [-0.25, -0.2) is 17.2 Å². The molecule has 3 rings (SSSR count). The van der Waals surface area contributed by atoms with Crippen LogP contribution in [0, 0.1) is 18.6 Å². The highest BCUT2D eigenvalue weighted by molar-refractivity contribution is 7.92. The van der Waals surface area contributed by atoms with Gasteiger partial charge in [0.25, 0.3) is 15.9 Å². The summed E-state index contributed by atoms with van der Waals surface area (Å²) in [5, 5.41) is 2.24. The van der Waals surface area contributed by atoms with Crippen LogP contribution in [0.1, 0.15) is 15.9 Å². The Morgan fingerprint density at radius 2 is 1.62 bits per heavy atom. The molecule has 5 nitrogen and oxygen atoms in total. The summed E-state index contributed by atoms with van der Waals surface area (Å²) in [5.41, 5.74) is 0.862. The Morgan fingerprint density at radius 1 is 0.966 bits per heavy atom. The Morgan fingerprint density at radius 3 is 2.31 bits per heavy atom. The number of hydrogen-bond acceptors (Lipinski definition) is 3. The number of amides is 1. The first-order valence-corrected chi connectivity index (χ1v) is 10.2. The maximum Gasteiger partial charge on any atom is 0.261 e. The van der Waals surface area contributed by atoms with Crippen LogP contribution in [-0.2, 0) is 10.0 Å². The first-order valence-electron chi connectivity index (χ1n) is 8.32. The Bertz CT molecular complexity index is 1190. The molecule has 0 aliphatic rings. The first-order chi connectivity index (χ1) is 13.7. The molecule has 2 N–H and O–H groups in total. The monoisotopic (exact) mass is 436 g/mol. The van der Waals surface area contributed by atoms with Crippen molar-refractivity contribution in [3.63, 3.8) is 0 Å². The third kappa shape index (κ3) is 4.72. The minimum absolute atomic E-state index is 0.0856. The summed E-state index contributed by atoms with van der Waals surface area (Å²) >= 11 is 5.81. The van der Waals surface area contributed by atoms with Gasteiger partial charge in [-0.3, -0.25) is 9.52 Å². The van der Waals surface area contributed by atoms with Crippen molar-refractivity contribution in [3.8, 4) is 0 Å². The Hall–Kier alpha value is -2.97. The lowest BCUT2D eigenvalue weighted by Gasteiger charge is -2.13.